The summed E-state index contributed by atoms with van der Waals surface area (Å²) in [6.07, 6.45) is 4.02. The number of aliphatic hydroxyl groups excluding tert-OH is 1. The summed E-state index contributed by atoms with van der Waals surface area (Å²) >= 11 is 0. The topological polar surface area (TPSA) is 211 Å². The van der Waals surface area contributed by atoms with Gasteiger partial charge in [0.15, 0.2) is 15.6 Å². The van der Waals surface area contributed by atoms with Crippen LogP contribution in [0, 0.1) is 23.7 Å². The summed E-state index contributed by atoms with van der Waals surface area (Å²) in [7, 11) is -3.63. The van der Waals surface area contributed by atoms with Gasteiger partial charge in [-0.25, -0.2) is 8.42 Å². The molecule has 53 heavy (non-hydrogen) atoms. The number of hydrogen-bond donors (Lipinski definition) is 6. The molecular weight excluding hydrogens is 695 g/mol. The molecule has 1 fully saturated rings. The van der Waals surface area contributed by atoms with Crippen LogP contribution in [-0.2, 0) is 35.4 Å². The number of ketones is 1. The van der Waals surface area contributed by atoms with Crippen molar-refractivity contribution >= 4 is 39.0 Å². The van der Waals surface area contributed by atoms with Crippen LogP contribution in [0.1, 0.15) is 96.1 Å². The lowest BCUT2D eigenvalue weighted by atomic mass is 9.76. The van der Waals surface area contributed by atoms with Crippen LogP contribution in [0.5, 0.6) is 0 Å². The molecule has 3 amide bonds. The maximum absolute atomic E-state index is 14.5. The molecule has 1 aliphatic heterocycles. The summed E-state index contributed by atoms with van der Waals surface area (Å²) < 4.78 is 25.8. The molecule has 2 unspecified atom stereocenters. The third kappa shape index (κ3) is 11.8. The Hall–Kier alpha value is -3.81. The van der Waals surface area contributed by atoms with Crippen LogP contribution in [0.3, 0.4) is 0 Å². The zero-order chi connectivity index (χ0) is 38.9. The van der Waals surface area contributed by atoms with Gasteiger partial charge >= 0.3 is 0 Å². The zero-order valence-electron chi connectivity index (χ0n) is 31.6. The van der Waals surface area contributed by atoms with E-state index in [4.69, 9.17) is 11.5 Å². The van der Waals surface area contributed by atoms with E-state index in [-0.39, 0.29) is 47.7 Å². The van der Waals surface area contributed by atoms with E-state index in [1.54, 1.807) is 12.1 Å². The molecule has 1 aliphatic carbocycles. The average Bonchev–Trinajstić information content (AvgIpc) is 3.36. The zero-order valence-corrected chi connectivity index (χ0v) is 32.4. The number of sulfone groups is 1. The molecule has 2 aromatic carbocycles. The van der Waals surface area contributed by atoms with Crippen molar-refractivity contribution in [1.82, 2.24) is 16.0 Å². The van der Waals surface area contributed by atoms with Gasteiger partial charge in [0.2, 0.25) is 17.7 Å². The quantitative estimate of drug-likeness (QED) is 0.123. The summed E-state index contributed by atoms with van der Waals surface area (Å²) in [5.74, 6) is -3.59. The van der Waals surface area contributed by atoms with Gasteiger partial charge in [-0.2, -0.15) is 0 Å². The lowest BCUT2D eigenvalue weighted by Gasteiger charge is -2.34. The lowest BCUT2D eigenvalue weighted by molar-refractivity contribution is -0.137. The number of fused-ring (bicyclic) bond motifs is 1. The number of aliphatic hydroxyl groups is 1. The molecule has 0 radical (unpaired) electrons. The van der Waals surface area contributed by atoms with Crippen molar-refractivity contribution in [1.29, 1.82) is 0 Å². The largest absolute Gasteiger partial charge is 0.399 e. The molecule has 0 saturated heterocycles. The molecule has 2 aliphatic rings. The molecule has 4 rings (SSSR count). The molecular formula is C40H59N5O7S. The molecule has 2 aromatic rings. The molecule has 6 atom stereocenters. The van der Waals surface area contributed by atoms with Gasteiger partial charge in [0.1, 0.15) is 12.1 Å². The minimum absolute atomic E-state index is 0.0275. The molecule has 1 heterocycles. The van der Waals surface area contributed by atoms with Crippen LogP contribution in [0.15, 0.2) is 53.4 Å². The first-order chi connectivity index (χ1) is 25.0. The van der Waals surface area contributed by atoms with Gasteiger partial charge in [-0.1, -0.05) is 96.2 Å². The average molecular weight is 754 g/mol. The number of hydrogen-bond acceptors (Lipinski definition) is 9. The van der Waals surface area contributed by atoms with Crippen molar-refractivity contribution in [3.63, 3.8) is 0 Å². The Labute approximate surface area is 314 Å². The second-order valence-corrected chi connectivity index (χ2v) is 17.9. The highest BCUT2D eigenvalue weighted by atomic mass is 32.2. The number of amides is 3. The highest BCUT2D eigenvalue weighted by Crippen LogP contribution is 2.38. The van der Waals surface area contributed by atoms with E-state index >= 15 is 0 Å². The third-order valence-corrected chi connectivity index (χ3v) is 12.3. The number of Topliss-reactive ketones (excluding diaryl/α,β-unsaturated/α-hetero) is 1. The SMILES string of the molecule is CC(C)CNC(=O)C(N)[C@@H](O)[C@H](CC1CCCCC1)C(=O)[C@H](CC(C)C)NC(=O)[C@H](Cc1ccccc1)NC(=O)CC1CS(=O)(=O)c2cc(N)ccc21. The monoisotopic (exact) mass is 753 g/mol. The summed E-state index contributed by atoms with van der Waals surface area (Å²) in [6.45, 7) is 8.11. The van der Waals surface area contributed by atoms with Crippen molar-refractivity contribution in [3.8, 4) is 0 Å². The van der Waals surface area contributed by atoms with Crippen molar-refractivity contribution < 1.29 is 32.7 Å². The fraction of sp³-hybridized carbons (Fsp3) is 0.600. The third-order valence-electron chi connectivity index (χ3n) is 10.4. The van der Waals surface area contributed by atoms with Crippen LogP contribution in [0.2, 0.25) is 0 Å². The second kappa shape index (κ2) is 19.0. The Balaban J connectivity index is 1.57. The summed E-state index contributed by atoms with van der Waals surface area (Å²) in [5.41, 5.74) is 13.8. The number of nitrogen functional groups attached to an aromatic ring is 1. The summed E-state index contributed by atoms with van der Waals surface area (Å²) in [4.78, 5) is 55.4. The highest BCUT2D eigenvalue weighted by molar-refractivity contribution is 7.91. The lowest BCUT2D eigenvalue weighted by Crippen LogP contribution is -2.57. The van der Waals surface area contributed by atoms with E-state index in [0.717, 1.165) is 37.7 Å². The van der Waals surface area contributed by atoms with Gasteiger partial charge in [-0.3, -0.25) is 19.2 Å². The van der Waals surface area contributed by atoms with E-state index in [0.29, 0.717) is 24.2 Å². The Morgan fingerprint density at radius 2 is 1.57 bits per heavy atom. The molecule has 292 valence electrons. The van der Waals surface area contributed by atoms with Crippen LogP contribution in [0.25, 0.3) is 0 Å². The maximum atomic E-state index is 14.5. The molecule has 0 spiro atoms. The van der Waals surface area contributed by atoms with Gasteiger partial charge in [0, 0.05) is 36.9 Å². The molecule has 0 aromatic heterocycles. The predicted molar refractivity (Wildman–Crippen MR) is 205 cm³/mol. The Bertz CT molecular complexity index is 1680. The molecule has 13 heteroatoms. The van der Waals surface area contributed by atoms with Crippen LogP contribution < -0.4 is 27.4 Å². The summed E-state index contributed by atoms with van der Waals surface area (Å²) in [5, 5.41) is 20.1. The van der Waals surface area contributed by atoms with E-state index in [1.807, 2.05) is 58.0 Å². The maximum Gasteiger partial charge on any atom is 0.243 e. The normalized spacial score (nSPS) is 19.8. The fourth-order valence-corrected chi connectivity index (χ4v) is 9.51. The second-order valence-electron chi connectivity index (χ2n) is 15.9. The van der Waals surface area contributed by atoms with Crippen molar-refractivity contribution in [2.75, 3.05) is 18.0 Å². The van der Waals surface area contributed by atoms with E-state index < -0.39 is 69.4 Å². The van der Waals surface area contributed by atoms with Gasteiger partial charge in [-0.05, 0) is 53.9 Å². The van der Waals surface area contributed by atoms with Gasteiger partial charge < -0.3 is 32.5 Å². The first-order valence-corrected chi connectivity index (χ1v) is 20.7. The standard InChI is InChI=1S/C40H59N5O7S/c1-24(2)17-32(37(47)31(18-26-11-7-5-8-12-26)38(48)36(42)40(50)43-22-25(3)4)45-39(49)33(19-27-13-9-6-10-14-27)44-35(46)20-28-23-53(51,52)34-21-29(41)15-16-30(28)34/h6,9-10,13-16,21,24-26,28,31-33,36,38,48H,5,7-8,11-12,17-20,22-23,41-42H2,1-4H3,(H,43,50)(H,44,46)(H,45,49)/t28?,31-,32+,33+,36?,38+/m1/s1. The highest BCUT2D eigenvalue weighted by Gasteiger charge is 2.41. The Morgan fingerprint density at radius 3 is 2.21 bits per heavy atom. The van der Waals surface area contributed by atoms with E-state index in [1.165, 1.54) is 6.07 Å². The Morgan fingerprint density at radius 1 is 0.887 bits per heavy atom. The van der Waals surface area contributed by atoms with Gasteiger partial charge in [0.25, 0.3) is 0 Å². The molecule has 1 saturated carbocycles. The smallest absolute Gasteiger partial charge is 0.243 e. The number of anilines is 1. The number of benzene rings is 2. The number of nitrogens with one attached hydrogen (secondary N) is 3. The Kier molecular flexibility index (Phi) is 15.0. The fourth-order valence-electron chi connectivity index (χ4n) is 7.59. The molecule has 0 bridgehead atoms. The number of carbonyl (C=O) groups is 4. The van der Waals surface area contributed by atoms with Crippen LogP contribution in [0.4, 0.5) is 5.69 Å². The number of rotatable bonds is 18. The van der Waals surface area contributed by atoms with E-state index in [9.17, 15) is 32.7 Å². The van der Waals surface area contributed by atoms with Crippen molar-refractivity contribution in [2.45, 2.75) is 121 Å². The van der Waals surface area contributed by atoms with Crippen molar-refractivity contribution in [3.05, 3.63) is 59.7 Å². The first kappa shape index (κ1) is 41.9. The first-order valence-electron chi connectivity index (χ1n) is 19.1. The summed E-state index contributed by atoms with van der Waals surface area (Å²) in [6, 6.07) is 10.3. The minimum Gasteiger partial charge on any atom is -0.399 e. The molecule has 12 nitrogen and oxygen atoms in total. The minimum atomic E-state index is -3.63. The number of carbonyl (C=O) groups excluding carboxylic acids is 4. The molecule has 8 N–H and O–H groups in total. The van der Waals surface area contributed by atoms with Gasteiger partial charge in [0.05, 0.1) is 22.8 Å². The van der Waals surface area contributed by atoms with Gasteiger partial charge in [-0.15, -0.1) is 0 Å². The van der Waals surface area contributed by atoms with Crippen LogP contribution in [-0.4, -0.2) is 73.6 Å². The predicted octanol–water partition coefficient (Wildman–Crippen LogP) is 3.40. The van der Waals surface area contributed by atoms with Crippen molar-refractivity contribution in [2.24, 2.45) is 29.4 Å². The van der Waals surface area contributed by atoms with Crippen LogP contribution >= 0.6 is 0 Å². The number of nitrogens with two attached hydrogens (primary N) is 2. The van der Waals surface area contributed by atoms with E-state index in [2.05, 4.69) is 16.0 Å².